The summed E-state index contributed by atoms with van der Waals surface area (Å²) in [6.07, 6.45) is 7.84. The molecule has 0 radical (unpaired) electrons. The van der Waals surface area contributed by atoms with Gasteiger partial charge in [-0.2, -0.15) is 0 Å². The number of hydrogen-bond donors (Lipinski definition) is 1. The van der Waals surface area contributed by atoms with E-state index in [1.807, 2.05) is 6.07 Å². The van der Waals surface area contributed by atoms with Crippen molar-refractivity contribution in [2.75, 3.05) is 29.9 Å². The van der Waals surface area contributed by atoms with Gasteiger partial charge in [0.2, 0.25) is 0 Å². The van der Waals surface area contributed by atoms with Crippen LogP contribution in [0.2, 0.25) is 0 Å². The lowest BCUT2D eigenvalue weighted by molar-refractivity contribution is 0.949. The molecule has 1 aliphatic heterocycles. The van der Waals surface area contributed by atoms with Gasteiger partial charge in [0.15, 0.2) is 0 Å². The van der Waals surface area contributed by atoms with Gasteiger partial charge < -0.3 is 10.2 Å². The smallest absolute Gasteiger partial charge is 0.0764 e. The van der Waals surface area contributed by atoms with Gasteiger partial charge in [0, 0.05) is 13.1 Å². The number of terminal acetylenes is 1. The molecule has 1 fully saturated rings. The second-order valence-electron chi connectivity index (χ2n) is 3.77. The molecular weight excluding hydrogens is 184 g/mol. The molecule has 15 heavy (non-hydrogen) atoms. The van der Waals surface area contributed by atoms with Gasteiger partial charge >= 0.3 is 0 Å². The second-order valence-corrected chi connectivity index (χ2v) is 3.77. The summed E-state index contributed by atoms with van der Waals surface area (Å²) < 4.78 is 0. The van der Waals surface area contributed by atoms with Crippen LogP contribution in [0, 0.1) is 12.3 Å². The van der Waals surface area contributed by atoms with Crippen LogP contribution in [0.5, 0.6) is 0 Å². The molecular formula is C13H16N2. The molecule has 1 aliphatic rings. The van der Waals surface area contributed by atoms with E-state index in [0.29, 0.717) is 6.54 Å². The van der Waals surface area contributed by atoms with Gasteiger partial charge in [-0.1, -0.05) is 18.1 Å². The molecule has 0 aromatic heterocycles. The number of rotatable bonds is 3. The minimum absolute atomic E-state index is 0.588. The maximum absolute atomic E-state index is 5.25. The van der Waals surface area contributed by atoms with Crippen molar-refractivity contribution in [1.29, 1.82) is 0 Å². The molecule has 0 amide bonds. The van der Waals surface area contributed by atoms with Crippen molar-refractivity contribution in [3.05, 3.63) is 24.3 Å². The maximum Gasteiger partial charge on any atom is 0.0764 e. The van der Waals surface area contributed by atoms with Crippen LogP contribution >= 0.6 is 0 Å². The maximum atomic E-state index is 5.25. The van der Waals surface area contributed by atoms with Gasteiger partial charge in [0.1, 0.15) is 0 Å². The van der Waals surface area contributed by atoms with Crippen LogP contribution in [0.3, 0.4) is 0 Å². The number of benzene rings is 1. The van der Waals surface area contributed by atoms with Crippen LogP contribution in [0.4, 0.5) is 11.4 Å². The van der Waals surface area contributed by atoms with Crippen molar-refractivity contribution in [3.63, 3.8) is 0 Å². The van der Waals surface area contributed by atoms with Gasteiger partial charge in [0.25, 0.3) is 0 Å². The third-order valence-corrected chi connectivity index (χ3v) is 2.73. The predicted molar refractivity (Wildman–Crippen MR) is 65.2 cm³/mol. The van der Waals surface area contributed by atoms with E-state index in [4.69, 9.17) is 6.42 Å². The van der Waals surface area contributed by atoms with E-state index in [9.17, 15) is 0 Å². The van der Waals surface area contributed by atoms with Crippen LogP contribution < -0.4 is 10.2 Å². The van der Waals surface area contributed by atoms with E-state index in [2.05, 4.69) is 34.3 Å². The summed E-state index contributed by atoms with van der Waals surface area (Å²) in [5.74, 6) is 2.60. The first-order valence-electron chi connectivity index (χ1n) is 5.43. The SMILES string of the molecule is C#CCNc1ccccc1N1CCCC1. The zero-order valence-electron chi connectivity index (χ0n) is 8.87. The molecule has 0 aliphatic carbocycles. The van der Waals surface area contributed by atoms with E-state index in [1.165, 1.54) is 18.5 Å². The largest absolute Gasteiger partial charge is 0.372 e. The normalized spacial score (nSPS) is 15.0. The number of nitrogens with zero attached hydrogens (tertiary/aromatic N) is 1. The van der Waals surface area contributed by atoms with Gasteiger partial charge in [-0.25, -0.2) is 0 Å². The van der Waals surface area contributed by atoms with Crippen molar-refractivity contribution >= 4 is 11.4 Å². The molecule has 0 saturated carbocycles. The minimum Gasteiger partial charge on any atom is -0.372 e. The highest BCUT2D eigenvalue weighted by Gasteiger charge is 2.14. The van der Waals surface area contributed by atoms with Crippen LogP contribution in [-0.2, 0) is 0 Å². The Hall–Kier alpha value is -1.62. The molecule has 1 aromatic rings. The lowest BCUT2D eigenvalue weighted by Crippen LogP contribution is -2.19. The Morgan fingerprint density at radius 2 is 2.00 bits per heavy atom. The molecule has 1 heterocycles. The number of hydrogen-bond acceptors (Lipinski definition) is 2. The van der Waals surface area contributed by atoms with Crippen LogP contribution in [0.15, 0.2) is 24.3 Å². The standard InChI is InChI=1S/C13H16N2/c1-2-9-14-12-7-3-4-8-13(12)15-10-5-6-11-15/h1,3-4,7-8,14H,5-6,9-11H2. The molecule has 78 valence electrons. The summed E-state index contributed by atoms with van der Waals surface area (Å²) in [6, 6.07) is 8.36. The molecule has 1 saturated heterocycles. The highest BCUT2D eigenvalue weighted by atomic mass is 15.2. The van der Waals surface area contributed by atoms with E-state index >= 15 is 0 Å². The van der Waals surface area contributed by atoms with E-state index in [1.54, 1.807) is 0 Å². The Labute approximate surface area is 91.3 Å². The zero-order chi connectivity index (χ0) is 10.5. The Kier molecular flexibility index (Phi) is 3.14. The third-order valence-electron chi connectivity index (χ3n) is 2.73. The van der Waals surface area contributed by atoms with E-state index in [-0.39, 0.29) is 0 Å². The average Bonchev–Trinajstić information content (AvgIpc) is 2.80. The van der Waals surface area contributed by atoms with Gasteiger partial charge in [-0.3, -0.25) is 0 Å². The molecule has 0 unspecified atom stereocenters. The van der Waals surface area contributed by atoms with Crippen LogP contribution in [0.25, 0.3) is 0 Å². The Morgan fingerprint density at radius 3 is 2.73 bits per heavy atom. The quantitative estimate of drug-likeness (QED) is 0.753. The Bertz CT molecular complexity index is 359. The van der Waals surface area contributed by atoms with Crippen molar-refractivity contribution in [2.24, 2.45) is 0 Å². The number of anilines is 2. The molecule has 0 spiro atoms. The first-order valence-corrected chi connectivity index (χ1v) is 5.43. The molecule has 0 bridgehead atoms. The molecule has 1 aromatic carbocycles. The summed E-state index contributed by atoms with van der Waals surface area (Å²) in [5.41, 5.74) is 2.43. The van der Waals surface area contributed by atoms with Crippen LogP contribution in [0.1, 0.15) is 12.8 Å². The molecule has 2 heteroatoms. The van der Waals surface area contributed by atoms with Gasteiger partial charge in [-0.05, 0) is 25.0 Å². The number of para-hydroxylation sites is 2. The minimum atomic E-state index is 0.588. The average molecular weight is 200 g/mol. The molecule has 2 rings (SSSR count). The highest BCUT2D eigenvalue weighted by Crippen LogP contribution is 2.28. The Balaban J connectivity index is 2.17. The second kappa shape index (κ2) is 4.75. The monoisotopic (exact) mass is 200 g/mol. The lowest BCUT2D eigenvalue weighted by Gasteiger charge is -2.21. The van der Waals surface area contributed by atoms with Crippen molar-refractivity contribution in [3.8, 4) is 12.3 Å². The summed E-state index contributed by atoms with van der Waals surface area (Å²) >= 11 is 0. The predicted octanol–water partition coefficient (Wildman–Crippen LogP) is 2.33. The molecule has 0 atom stereocenters. The summed E-state index contributed by atoms with van der Waals surface area (Å²) in [5, 5.41) is 3.26. The Morgan fingerprint density at radius 1 is 1.27 bits per heavy atom. The van der Waals surface area contributed by atoms with E-state index in [0.717, 1.165) is 18.8 Å². The zero-order valence-corrected chi connectivity index (χ0v) is 8.87. The van der Waals surface area contributed by atoms with Gasteiger partial charge in [-0.15, -0.1) is 6.42 Å². The van der Waals surface area contributed by atoms with Gasteiger partial charge in [0.05, 0.1) is 17.9 Å². The fourth-order valence-corrected chi connectivity index (χ4v) is 2.00. The summed E-state index contributed by atoms with van der Waals surface area (Å²) in [7, 11) is 0. The molecule has 1 N–H and O–H groups in total. The van der Waals surface area contributed by atoms with Crippen molar-refractivity contribution in [2.45, 2.75) is 12.8 Å². The first kappa shape index (κ1) is 9.92. The highest BCUT2D eigenvalue weighted by molar-refractivity contribution is 5.70. The molecule has 2 nitrogen and oxygen atoms in total. The van der Waals surface area contributed by atoms with E-state index < -0.39 is 0 Å². The first-order chi connectivity index (χ1) is 7.42. The number of nitrogens with one attached hydrogen (secondary N) is 1. The van der Waals surface area contributed by atoms with Crippen LogP contribution in [-0.4, -0.2) is 19.6 Å². The fourth-order valence-electron chi connectivity index (χ4n) is 2.00. The lowest BCUT2D eigenvalue weighted by atomic mass is 10.2. The fraction of sp³-hybridized carbons (Fsp3) is 0.385. The summed E-state index contributed by atoms with van der Waals surface area (Å²) in [4.78, 5) is 2.42. The third kappa shape index (κ3) is 2.24. The van der Waals surface area contributed by atoms with Crippen molar-refractivity contribution < 1.29 is 0 Å². The van der Waals surface area contributed by atoms with Crippen molar-refractivity contribution in [1.82, 2.24) is 0 Å². The summed E-state index contributed by atoms with van der Waals surface area (Å²) in [6.45, 7) is 2.91. The topological polar surface area (TPSA) is 15.3 Å².